The number of carbonyl (C=O) groups is 3. The molecule has 0 spiro atoms. The second-order valence-corrected chi connectivity index (χ2v) is 5.91. The van der Waals surface area contributed by atoms with Gasteiger partial charge in [0.2, 0.25) is 6.79 Å². The maximum Gasteiger partial charge on any atom is 0.335 e. The Hall–Kier alpha value is -3.61. The molecule has 2 aliphatic heterocycles. The minimum Gasteiger partial charge on any atom is -0.454 e. The third-order valence-corrected chi connectivity index (χ3v) is 4.10. The minimum absolute atomic E-state index is 0.0794. The van der Waals surface area contributed by atoms with Crippen LogP contribution in [0, 0.1) is 6.92 Å². The van der Waals surface area contributed by atoms with Crippen molar-refractivity contribution in [3.63, 3.8) is 0 Å². The highest BCUT2D eigenvalue weighted by molar-refractivity contribution is 6.39. The van der Waals surface area contributed by atoms with Crippen molar-refractivity contribution in [2.24, 2.45) is 0 Å². The monoisotopic (exact) mass is 350 g/mol. The molecule has 0 bridgehead atoms. The van der Waals surface area contributed by atoms with Crippen molar-refractivity contribution in [2.75, 3.05) is 11.7 Å². The second-order valence-electron chi connectivity index (χ2n) is 5.91. The number of hydrogen-bond donors (Lipinski definition) is 1. The van der Waals surface area contributed by atoms with Crippen molar-refractivity contribution in [1.82, 2.24) is 5.32 Å². The van der Waals surface area contributed by atoms with E-state index in [2.05, 4.69) is 5.32 Å². The van der Waals surface area contributed by atoms with Gasteiger partial charge in [-0.25, -0.2) is 9.69 Å². The summed E-state index contributed by atoms with van der Waals surface area (Å²) < 4.78 is 10.5. The standard InChI is InChI=1S/C19H14N2O5/c1-11-2-4-12(5-3-11)8-14-17(22)20-19(24)21(18(14)23)13-6-7-15-16(9-13)26-10-25-15/h2-9H,10H2,1H3,(H,20,22,24)/b14-8+. The van der Waals surface area contributed by atoms with Gasteiger partial charge in [-0.2, -0.15) is 0 Å². The van der Waals surface area contributed by atoms with Crippen LogP contribution in [0.25, 0.3) is 6.08 Å². The zero-order chi connectivity index (χ0) is 18.3. The summed E-state index contributed by atoms with van der Waals surface area (Å²) in [5.74, 6) is -0.454. The molecule has 0 atom stereocenters. The molecule has 2 heterocycles. The van der Waals surface area contributed by atoms with Crippen molar-refractivity contribution < 1.29 is 23.9 Å². The summed E-state index contributed by atoms with van der Waals surface area (Å²) in [6, 6.07) is 11.2. The van der Waals surface area contributed by atoms with Gasteiger partial charge in [-0.15, -0.1) is 0 Å². The number of carbonyl (C=O) groups excluding carboxylic acids is 3. The van der Waals surface area contributed by atoms with Gasteiger partial charge >= 0.3 is 6.03 Å². The first kappa shape index (κ1) is 15.9. The van der Waals surface area contributed by atoms with Crippen LogP contribution in [0.4, 0.5) is 10.5 Å². The number of hydrogen-bond acceptors (Lipinski definition) is 5. The van der Waals surface area contributed by atoms with Crippen LogP contribution in [-0.4, -0.2) is 24.6 Å². The maximum atomic E-state index is 12.8. The fourth-order valence-corrected chi connectivity index (χ4v) is 2.75. The quantitative estimate of drug-likeness (QED) is 0.664. The van der Waals surface area contributed by atoms with Crippen LogP contribution >= 0.6 is 0 Å². The highest BCUT2D eigenvalue weighted by atomic mass is 16.7. The third-order valence-electron chi connectivity index (χ3n) is 4.10. The normalized spacial score (nSPS) is 17.7. The number of urea groups is 1. The SMILES string of the molecule is Cc1ccc(/C=C2\C(=O)NC(=O)N(c3ccc4c(c3)OCO4)C2=O)cc1. The number of nitrogens with zero attached hydrogens (tertiary/aromatic N) is 1. The molecule has 0 unspecified atom stereocenters. The molecular weight excluding hydrogens is 336 g/mol. The molecule has 2 aliphatic rings. The highest BCUT2D eigenvalue weighted by Gasteiger charge is 2.37. The lowest BCUT2D eigenvalue weighted by atomic mass is 10.1. The summed E-state index contributed by atoms with van der Waals surface area (Å²) in [5, 5.41) is 2.19. The molecule has 4 amide bonds. The Morgan fingerprint density at radius 2 is 1.73 bits per heavy atom. The van der Waals surface area contributed by atoms with Crippen LogP contribution < -0.4 is 19.7 Å². The smallest absolute Gasteiger partial charge is 0.335 e. The number of imide groups is 2. The summed E-state index contributed by atoms with van der Waals surface area (Å²) in [6.45, 7) is 2.02. The molecule has 7 nitrogen and oxygen atoms in total. The Kier molecular flexibility index (Phi) is 3.69. The van der Waals surface area contributed by atoms with Crippen molar-refractivity contribution in [2.45, 2.75) is 6.92 Å². The first-order valence-corrected chi connectivity index (χ1v) is 7.91. The van der Waals surface area contributed by atoms with E-state index in [4.69, 9.17) is 9.47 Å². The molecule has 0 aliphatic carbocycles. The van der Waals surface area contributed by atoms with E-state index in [1.165, 1.54) is 12.1 Å². The van der Waals surface area contributed by atoms with Crippen molar-refractivity contribution in [3.8, 4) is 11.5 Å². The molecule has 0 radical (unpaired) electrons. The predicted molar refractivity (Wildman–Crippen MR) is 92.7 cm³/mol. The first-order chi connectivity index (χ1) is 12.5. The topological polar surface area (TPSA) is 84.9 Å². The van der Waals surface area contributed by atoms with Crippen LogP contribution in [0.1, 0.15) is 11.1 Å². The van der Waals surface area contributed by atoms with E-state index in [-0.39, 0.29) is 12.4 Å². The number of fused-ring (bicyclic) bond motifs is 1. The number of barbiturate groups is 1. The molecule has 1 N–H and O–H groups in total. The van der Waals surface area contributed by atoms with Crippen molar-refractivity contribution >= 4 is 29.6 Å². The van der Waals surface area contributed by atoms with Crippen LogP contribution in [0.3, 0.4) is 0 Å². The van der Waals surface area contributed by atoms with E-state index >= 15 is 0 Å². The van der Waals surface area contributed by atoms with E-state index in [1.54, 1.807) is 24.3 Å². The van der Waals surface area contributed by atoms with Crippen LogP contribution in [0.5, 0.6) is 11.5 Å². The molecule has 2 aromatic carbocycles. The number of anilines is 1. The largest absolute Gasteiger partial charge is 0.454 e. The molecule has 1 fully saturated rings. The molecule has 0 aromatic heterocycles. The third kappa shape index (κ3) is 2.69. The fraction of sp³-hybridized carbons (Fsp3) is 0.105. The van der Waals surface area contributed by atoms with Crippen LogP contribution in [0.2, 0.25) is 0 Å². The van der Waals surface area contributed by atoms with E-state index in [0.717, 1.165) is 10.5 Å². The Balaban J connectivity index is 1.71. The molecule has 4 rings (SSSR count). The van der Waals surface area contributed by atoms with Crippen molar-refractivity contribution in [1.29, 1.82) is 0 Å². The number of nitrogens with one attached hydrogen (secondary N) is 1. The first-order valence-electron chi connectivity index (χ1n) is 7.91. The van der Waals surface area contributed by atoms with Crippen molar-refractivity contribution in [3.05, 3.63) is 59.2 Å². The molecule has 2 aromatic rings. The van der Waals surface area contributed by atoms with Crippen LogP contribution in [0.15, 0.2) is 48.0 Å². The zero-order valence-corrected chi connectivity index (χ0v) is 13.8. The molecule has 1 saturated heterocycles. The van der Waals surface area contributed by atoms with E-state index < -0.39 is 17.8 Å². The average Bonchev–Trinajstić information content (AvgIpc) is 3.08. The van der Waals surface area contributed by atoms with Gasteiger partial charge in [0.25, 0.3) is 11.8 Å². The van der Waals surface area contributed by atoms with Gasteiger partial charge in [0.15, 0.2) is 11.5 Å². The lowest BCUT2D eigenvalue weighted by Crippen LogP contribution is -2.54. The Morgan fingerprint density at radius 3 is 2.50 bits per heavy atom. The van der Waals surface area contributed by atoms with Gasteiger partial charge in [-0.1, -0.05) is 29.8 Å². The number of benzene rings is 2. The summed E-state index contributed by atoms with van der Waals surface area (Å²) in [4.78, 5) is 38.1. The Labute approximate surface area is 148 Å². The molecule has 130 valence electrons. The average molecular weight is 350 g/mol. The molecule has 7 heteroatoms. The molecule has 26 heavy (non-hydrogen) atoms. The lowest BCUT2D eigenvalue weighted by Gasteiger charge is -2.26. The Morgan fingerprint density at radius 1 is 1.00 bits per heavy atom. The van der Waals surface area contributed by atoms with Gasteiger partial charge in [0, 0.05) is 6.07 Å². The minimum atomic E-state index is -0.806. The Bertz CT molecular complexity index is 962. The summed E-state index contributed by atoms with van der Waals surface area (Å²) >= 11 is 0. The summed E-state index contributed by atoms with van der Waals surface area (Å²) in [6.07, 6.45) is 1.46. The fourth-order valence-electron chi connectivity index (χ4n) is 2.75. The molecular formula is C19H14N2O5. The van der Waals surface area contributed by atoms with Gasteiger partial charge in [-0.05, 0) is 30.7 Å². The zero-order valence-electron chi connectivity index (χ0n) is 13.8. The second kappa shape index (κ2) is 6.03. The van der Waals surface area contributed by atoms with Gasteiger partial charge in [0.05, 0.1) is 5.69 Å². The molecule has 0 saturated carbocycles. The predicted octanol–water partition coefficient (Wildman–Crippen LogP) is 2.39. The van der Waals surface area contributed by atoms with E-state index in [0.29, 0.717) is 22.7 Å². The van der Waals surface area contributed by atoms with Gasteiger partial charge in [-0.3, -0.25) is 14.9 Å². The number of rotatable bonds is 2. The number of aryl methyl sites for hydroxylation is 1. The highest BCUT2D eigenvalue weighted by Crippen LogP contribution is 2.36. The number of amides is 4. The van der Waals surface area contributed by atoms with Gasteiger partial charge < -0.3 is 9.47 Å². The number of ether oxygens (including phenoxy) is 2. The van der Waals surface area contributed by atoms with Crippen LogP contribution in [-0.2, 0) is 9.59 Å². The maximum absolute atomic E-state index is 12.8. The van der Waals surface area contributed by atoms with Gasteiger partial charge in [0.1, 0.15) is 5.57 Å². The van der Waals surface area contributed by atoms with E-state index in [9.17, 15) is 14.4 Å². The summed E-state index contributed by atoms with van der Waals surface area (Å²) in [5.41, 5.74) is 1.92. The van der Waals surface area contributed by atoms with E-state index in [1.807, 2.05) is 19.1 Å². The summed E-state index contributed by atoms with van der Waals surface area (Å²) in [7, 11) is 0. The lowest BCUT2D eigenvalue weighted by molar-refractivity contribution is -0.122.